The SMILES string of the molecule is Cc1ccc(/C=C2\C=C(c3ccccc3)C=C2c2ccccc2)cc1. The van der Waals surface area contributed by atoms with Crippen molar-refractivity contribution in [2.24, 2.45) is 0 Å². The van der Waals surface area contributed by atoms with Crippen LogP contribution in [0.5, 0.6) is 0 Å². The van der Waals surface area contributed by atoms with E-state index < -0.39 is 0 Å². The summed E-state index contributed by atoms with van der Waals surface area (Å²) in [6.45, 7) is 2.12. The molecule has 0 radical (unpaired) electrons. The minimum Gasteiger partial charge on any atom is -0.0622 e. The van der Waals surface area contributed by atoms with Gasteiger partial charge in [-0.1, -0.05) is 90.5 Å². The maximum Gasteiger partial charge on any atom is -0.0105 e. The summed E-state index contributed by atoms with van der Waals surface area (Å²) in [5.74, 6) is 0. The second-order valence-corrected chi connectivity index (χ2v) is 6.40. The highest BCUT2D eigenvalue weighted by Gasteiger charge is 2.15. The third-order valence-corrected chi connectivity index (χ3v) is 4.51. The Hall–Kier alpha value is -3.12. The van der Waals surface area contributed by atoms with Crippen LogP contribution >= 0.6 is 0 Å². The summed E-state index contributed by atoms with van der Waals surface area (Å²) in [4.78, 5) is 0. The molecule has 3 aromatic carbocycles. The largest absolute Gasteiger partial charge is 0.0622 e. The first kappa shape index (κ1) is 15.4. The molecule has 0 amide bonds. The molecule has 0 saturated heterocycles. The Morgan fingerprint density at radius 2 is 1.20 bits per heavy atom. The van der Waals surface area contributed by atoms with Gasteiger partial charge in [0.25, 0.3) is 0 Å². The lowest BCUT2D eigenvalue weighted by molar-refractivity contribution is 1.46. The third-order valence-electron chi connectivity index (χ3n) is 4.51. The summed E-state index contributed by atoms with van der Waals surface area (Å²) < 4.78 is 0. The smallest absolute Gasteiger partial charge is 0.0105 e. The van der Waals surface area contributed by atoms with Gasteiger partial charge in [-0.3, -0.25) is 0 Å². The van der Waals surface area contributed by atoms with Gasteiger partial charge in [-0.05, 0) is 58.6 Å². The standard InChI is InChI=1S/C25H20/c1-19-12-14-20(15-13-19)16-24-17-23(21-8-4-2-5-9-21)18-25(24)22-10-6-3-7-11-22/h2-18H,1H3/b24-16+. The Labute approximate surface area is 149 Å². The lowest BCUT2D eigenvalue weighted by Gasteiger charge is -2.06. The molecule has 25 heavy (non-hydrogen) atoms. The first-order valence-corrected chi connectivity index (χ1v) is 8.62. The molecule has 0 spiro atoms. The van der Waals surface area contributed by atoms with Gasteiger partial charge in [0.15, 0.2) is 0 Å². The quantitative estimate of drug-likeness (QED) is 0.512. The second kappa shape index (κ2) is 6.78. The van der Waals surface area contributed by atoms with Gasteiger partial charge in [-0.15, -0.1) is 0 Å². The van der Waals surface area contributed by atoms with Crippen molar-refractivity contribution in [3.63, 3.8) is 0 Å². The predicted octanol–water partition coefficient (Wildman–Crippen LogP) is 6.56. The van der Waals surface area contributed by atoms with Crippen LogP contribution in [0.1, 0.15) is 22.3 Å². The van der Waals surface area contributed by atoms with Gasteiger partial charge in [0.2, 0.25) is 0 Å². The van der Waals surface area contributed by atoms with Gasteiger partial charge in [-0.2, -0.15) is 0 Å². The van der Waals surface area contributed by atoms with Gasteiger partial charge in [0, 0.05) is 0 Å². The highest BCUT2D eigenvalue weighted by atomic mass is 14.2. The summed E-state index contributed by atoms with van der Waals surface area (Å²) in [7, 11) is 0. The van der Waals surface area contributed by atoms with Crippen molar-refractivity contribution in [2.45, 2.75) is 6.92 Å². The van der Waals surface area contributed by atoms with Gasteiger partial charge in [0.1, 0.15) is 0 Å². The molecule has 0 heterocycles. The minimum atomic E-state index is 1.23. The monoisotopic (exact) mass is 320 g/mol. The topological polar surface area (TPSA) is 0 Å². The van der Waals surface area contributed by atoms with E-state index in [1.807, 2.05) is 0 Å². The molecule has 120 valence electrons. The van der Waals surface area contributed by atoms with E-state index in [0.717, 1.165) is 0 Å². The van der Waals surface area contributed by atoms with Gasteiger partial charge >= 0.3 is 0 Å². The maximum absolute atomic E-state index is 2.30. The minimum absolute atomic E-state index is 1.23. The fourth-order valence-electron chi connectivity index (χ4n) is 3.15. The maximum atomic E-state index is 2.30. The van der Waals surface area contributed by atoms with E-state index in [2.05, 4.69) is 110 Å². The average molecular weight is 320 g/mol. The van der Waals surface area contributed by atoms with Crippen molar-refractivity contribution in [1.82, 2.24) is 0 Å². The average Bonchev–Trinajstić information content (AvgIpc) is 3.09. The highest BCUT2D eigenvalue weighted by molar-refractivity contribution is 6.02. The number of aryl methyl sites for hydroxylation is 1. The fraction of sp³-hybridized carbons (Fsp3) is 0.0400. The lowest BCUT2D eigenvalue weighted by atomic mass is 9.98. The Balaban J connectivity index is 1.80. The summed E-state index contributed by atoms with van der Waals surface area (Å²) in [6.07, 6.45) is 6.86. The van der Waals surface area contributed by atoms with E-state index in [1.54, 1.807) is 0 Å². The molecular weight excluding hydrogens is 300 g/mol. The molecule has 0 unspecified atom stereocenters. The van der Waals surface area contributed by atoms with Crippen molar-refractivity contribution in [3.8, 4) is 0 Å². The van der Waals surface area contributed by atoms with Crippen LogP contribution in [-0.2, 0) is 0 Å². The zero-order valence-corrected chi connectivity index (χ0v) is 14.3. The number of rotatable bonds is 3. The first-order chi connectivity index (χ1) is 12.3. The van der Waals surface area contributed by atoms with Crippen LogP contribution in [-0.4, -0.2) is 0 Å². The predicted molar refractivity (Wildman–Crippen MR) is 108 cm³/mol. The number of hydrogen-bond acceptors (Lipinski definition) is 0. The third kappa shape index (κ3) is 3.39. The second-order valence-electron chi connectivity index (χ2n) is 6.40. The summed E-state index contributed by atoms with van der Waals surface area (Å²) >= 11 is 0. The van der Waals surface area contributed by atoms with Gasteiger partial charge < -0.3 is 0 Å². The first-order valence-electron chi connectivity index (χ1n) is 8.62. The summed E-state index contributed by atoms with van der Waals surface area (Å²) in [5.41, 5.74) is 8.82. The van der Waals surface area contributed by atoms with Crippen molar-refractivity contribution < 1.29 is 0 Å². The van der Waals surface area contributed by atoms with E-state index in [-0.39, 0.29) is 0 Å². The van der Waals surface area contributed by atoms with Crippen molar-refractivity contribution in [3.05, 3.63) is 125 Å². The normalized spacial score (nSPS) is 15.2. The van der Waals surface area contributed by atoms with E-state index in [4.69, 9.17) is 0 Å². The van der Waals surface area contributed by atoms with Crippen LogP contribution in [0.25, 0.3) is 17.2 Å². The number of benzene rings is 3. The molecule has 0 bridgehead atoms. The fourth-order valence-corrected chi connectivity index (χ4v) is 3.15. The zero-order valence-electron chi connectivity index (χ0n) is 14.3. The number of hydrogen-bond donors (Lipinski definition) is 0. The van der Waals surface area contributed by atoms with Crippen LogP contribution in [0.4, 0.5) is 0 Å². The van der Waals surface area contributed by atoms with Crippen molar-refractivity contribution in [2.75, 3.05) is 0 Å². The van der Waals surface area contributed by atoms with Gasteiger partial charge in [-0.25, -0.2) is 0 Å². The summed E-state index contributed by atoms with van der Waals surface area (Å²) in [6, 6.07) is 29.9. The van der Waals surface area contributed by atoms with E-state index >= 15 is 0 Å². The molecule has 1 aliphatic carbocycles. The molecule has 0 aromatic heterocycles. The van der Waals surface area contributed by atoms with E-state index in [0.29, 0.717) is 0 Å². The highest BCUT2D eigenvalue weighted by Crippen LogP contribution is 2.37. The molecule has 0 aliphatic heterocycles. The van der Waals surface area contributed by atoms with E-state index in [1.165, 1.54) is 39.0 Å². The van der Waals surface area contributed by atoms with E-state index in [9.17, 15) is 0 Å². The molecule has 0 atom stereocenters. The molecule has 0 nitrogen and oxygen atoms in total. The number of allylic oxidation sites excluding steroid dienone is 5. The molecule has 0 N–H and O–H groups in total. The molecule has 0 heteroatoms. The summed E-state index contributed by atoms with van der Waals surface area (Å²) in [5, 5.41) is 0. The van der Waals surface area contributed by atoms with Crippen LogP contribution in [0.3, 0.4) is 0 Å². The Bertz CT molecular complexity index is 954. The van der Waals surface area contributed by atoms with Crippen LogP contribution in [0.2, 0.25) is 0 Å². The Morgan fingerprint density at radius 3 is 1.84 bits per heavy atom. The van der Waals surface area contributed by atoms with Crippen molar-refractivity contribution in [1.29, 1.82) is 0 Å². The van der Waals surface area contributed by atoms with Crippen LogP contribution in [0.15, 0.2) is 103 Å². The zero-order chi connectivity index (χ0) is 17.1. The van der Waals surface area contributed by atoms with Crippen LogP contribution < -0.4 is 0 Å². The molecular formula is C25H20. The molecule has 1 aliphatic rings. The lowest BCUT2D eigenvalue weighted by Crippen LogP contribution is -1.84. The molecule has 3 aromatic rings. The molecule has 0 fully saturated rings. The molecule has 4 rings (SSSR count). The van der Waals surface area contributed by atoms with Crippen molar-refractivity contribution >= 4 is 17.2 Å². The Morgan fingerprint density at radius 1 is 0.600 bits per heavy atom. The Kier molecular flexibility index (Phi) is 4.18. The van der Waals surface area contributed by atoms with Gasteiger partial charge in [0.05, 0.1) is 0 Å². The van der Waals surface area contributed by atoms with Crippen LogP contribution in [0, 0.1) is 6.92 Å². The molecule has 0 saturated carbocycles.